The fraction of sp³-hybridized carbons (Fsp3) is 0.500. The lowest BCUT2D eigenvalue weighted by Crippen LogP contribution is -2.38. The van der Waals surface area contributed by atoms with E-state index < -0.39 is 0 Å². The Morgan fingerprint density at radius 1 is 1.28 bits per heavy atom. The van der Waals surface area contributed by atoms with E-state index in [2.05, 4.69) is 58.9 Å². The number of nitrogens with zero attached hydrogens (tertiary/aromatic N) is 2. The van der Waals surface area contributed by atoms with Crippen LogP contribution in [0.15, 0.2) is 29.3 Å². The predicted molar refractivity (Wildman–Crippen MR) is 77.1 cm³/mol. The molecule has 0 radical (unpaired) electrons. The van der Waals surface area contributed by atoms with Crippen LogP contribution in [0.25, 0.3) is 0 Å². The zero-order chi connectivity index (χ0) is 13.0. The van der Waals surface area contributed by atoms with Crippen molar-refractivity contribution in [3.8, 4) is 0 Å². The van der Waals surface area contributed by atoms with Gasteiger partial charge in [-0.1, -0.05) is 12.1 Å². The molecule has 0 bridgehead atoms. The molecular weight excluding hydrogens is 224 g/mol. The summed E-state index contributed by atoms with van der Waals surface area (Å²) < 4.78 is 0. The van der Waals surface area contributed by atoms with Crippen LogP contribution in [0.5, 0.6) is 0 Å². The van der Waals surface area contributed by atoms with E-state index in [1.807, 2.05) is 7.05 Å². The monoisotopic (exact) mass is 246 g/mol. The van der Waals surface area contributed by atoms with Gasteiger partial charge in [-0.15, -0.1) is 0 Å². The summed E-state index contributed by atoms with van der Waals surface area (Å²) in [6, 6.07) is 9.19. The third kappa shape index (κ3) is 3.65. The van der Waals surface area contributed by atoms with Crippen LogP contribution in [0.2, 0.25) is 0 Å². The molecule has 0 heterocycles. The van der Waals surface area contributed by atoms with Gasteiger partial charge in [-0.3, -0.25) is 4.99 Å². The Balaban J connectivity index is 1.84. The van der Waals surface area contributed by atoms with Gasteiger partial charge in [-0.25, -0.2) is 0 Å². The lowest BCUT2D eigenvalue weighted by atomic mass is 10.2. The van der Waals surface area contributed by atoms with Gasteiger partial charge in [-0.05, 0) is 30.5 Å². The molecule has 1 saturated carbocycles. The number of aliphatic imine (C=N–C) groups is 1. The summed E-state index contributed by atoms with van der Waals surface area (Å²) in [5.74, 6) is 0.897. The van der Waals surface area contributed by atoms with E-state index in [0.29, 0.717) is 6.04 Å². The molecule has 98 valence electrons. The van der Waals surface area contributed by atoms with Crippen LogP contribution in [0.1, 0.15) is 18.4 Å². The van der Waals surface area contributed by atoms with Gasteiger partial charge in [0.2, 0.25) is 0 Å². The summed E-state index contributed by atoms with van der Waals surface area (Å²) in [5, 5.41) is 6.70. The van der Waals surface area contributed by atoms with Crippen LogP contribution in [0.3, 0.4) is 0 Å². The Bertz CT molecular complexity index is 404. The summed E-state index contributed by atoms with van der Waals surface area (Å²) >= 11 is 0. The maximum absolute atomic E-state index is 4.22. The molecule has 0 unspecified atom stereocenters. The second-order valence-corrected chi connectivity index (χ2v) is 4.91. The van der Waals surface area contributed by atoms with Crippen molar-refractivity contribution < 1.29 is 0 Å². The zero-order valence-electron chi connectivity index (χ0n) is 11.4. The molecule has 18 heavy (non-hydrogen) atoms. The van der Waals surface area contributed by atoms with Crippen molar-refractivity contribution in [2.45, 2.75) is 25.4 Å². The van der Waals surface area contributed by atoms with Crippen molar-refractivity contribution in [1.82, 2.24) is 10.6 Å². The van der Waals surface area contributed by atoms with E-state index in [1.165, 1.54) is 24.1 Å². The summed E-state index contributed by atoms with van der Waals surface area (Å²) in [6.07, 6.45) is 2.52. The molecule has 1 aliphatic rings. The van der Waals surface area contributed by atoms with E-state index in [9.17, 15) is 0 Å². The third-order valence-electron chi connectivity index (χ3n) is 3.05. The van der Waals surface area contributed by atoms with Gasteiger partial charge in [-0.2, -0.15) is 0 Å². The van der Waals surface area contributed by atoms with Gasteiger partial charge in [0.1, 0.15) is 0 Å². The molecule has 0 aliphatic heterocycles. The highest BCUT2D eigenvalue weighted by Gasteiger charge is 2.21. The van der Waals surface area contributed by atoms with Crippen molar-refractivity contribution in [2.24, 2.45) is 4.99 Å². The zero-order valence-corrected chi connectivity index (χ0v) is 11.4. The molecule has 0 amide bonds. The fourth-order valence-electron chi connectivity index (χ4n) is 1.71. The van der Waals surface area contributed by atoms with Crippen molar-refractivity contribution in [2.75, 3.05) is 26.0 Å². The van der Waals surface area contributed by atoms with Crippen LogP contribution in [0, 0.1) is 0 Å². The van der Waals surface area contributed by atoms with Crippen molar-refractivity contribution in [3.63, 3.8) is 0 Å². The minimum Gasteiger partial charge on any atom is -0.378 e. The number of guanidine groups is 1. The van der Waals surface area contributed by atoms with Crippen LogP contribution in [-0.2, 0) is 6.54 Å². The summed E-state index contributed by atoms with van der Waals surface area (Å²) in [4.78, 5) is 6.32. The van der Waals surface area contributed by atoms with E-state index >= 15 is 0 Å². The van der Waals surface area contributed by atoms with E-state index in [0.717, 1.165) is 12.5 Å². The lowest BCUT2D eigenvalue weighted by molar-refractivity contribution is 0.805. The van der Waals surface area contributed by atoms with E-state index in [1.54, 1.807) is 0 Å². The highest BCUT2D eigenvalue weighted by atomic mass is 15.2. The molecule has 2 rings (SSSR count). The highest BCUT2D eigenvalue weighted by Crippen LogP contribution is 2.18. The molecule has 4 nitrogen and oxygen atoms in total. The first-order valence-corrected chi connectivity index (χ1v) is 6.42. The van der Waals surface area contributed by atoms with E-state index in [-0.39, 0.29) is 0 Å². The number of anilines is 1. The first-order chi connectivity index (χ1) is 8.69. The number of hydrogen-bond acceptors (Lipinski definition) is 2. The minimum atomic E-state index is 0.632. The Morgan fingerprint density at radius 2 is 1.94 bits per heavy atom. The van der Waals surface area contributed by atoms with Gasteiger partial charge in [0.15, 0.2) is 5.96 Å². The predicted octanol–water partition coefficient (Wildman–Crippen LogP) is 1.58. The second kappa shape index (κ2) is 5.76. The molecule has 1 aromatic rings. The van der Waals surface area contributed by atoms with Gasteiger partial charge < -0.3 is 15.5 Å². The molecule has 1 fully saturated rings. The Hall–Kier alpha value is -1.71. The maximum Gasteiger partial charge on any atom is 0.191 e. The smallest absolute Gasteiger partial charge is 0.191 e. The number of rotatable bonds is 4. The topological polar surface area (TPSA) is 39.7 Å². The molecule has 2 N–H and O–H groups in total. The molecule has 0 atom stereocenters. The summed E-state index contributed by atoms with van der Waals surface area (Å²) in [6.45, 7) is 0.806. The van der Waals surface area contributed by atoms with Crippen molar-refractivity contribution >= 4 is 11.6 Å². The number of benzene rings is 1. The van der Waals surface area contributed by atoms with Crippen LogP contribution < -0.4 is 15.5 Å². The molecule has 0 saturated heterocycles. The highest BCUT2D eigenvalue weighted by molar-refractivity contribution is 5.80. The normalized spacial score (nSPS) is 15.4. The molecule has 1 aliphatic carbocycles. The lowest BCUT2D eigenvalue weighted by Gasteiger charge is -2.14. The molecule has 4 heteroatoms. The van der Waals surface area contributed by atoms with E-state index in [4.69, 9.17) is 0 Å². The number of hydrogen-bond donors (Lipinski definition) is 2. The Kier molecular flexibility index (Phi) is 4.07. The average molecular weight is 246 g/mol. The van der Waals surface area contributed by atoms with Crippen molar-refractivity contribution in [1.29, 1.82) is 0 Å². The minimum absolute atomic E-state index is 0.632. The van der Waals surface area contributed by atoms with Gasteiger partial charge >= 0.3 is 0 Å². The van der Waals surface area contributed by atoms with Crippen molar-refractivity contribution in [3.05, 3.63) is 29.8 Å². The SMILES string of the molecule is CN=C(NCc1ccc(N(C)C)cc1)NC1CC1. The second-order valence-electron chi connectivity index (χ2n) is 4.91. The Labute approximate surface area is 109 Å². The van der Waals surface area contributed by atoms with Gasteiger partial charge in [0.25, 0.3) is 0 Å². The third-order valence-corrected chi connectivity index (χ3v) is 3.05. The largest absolute Gasteiger partial charge is 0.378 e. The Morgan fingerprint density at radius 3 is 2.44 bits per heavy atom. The summed E-state index contributed by atoms with van der Waals surface area (Å²) in [7, 11) is 5.91. The molecule has 0 aromatic heterocycles. The molecule has 0 spiro atoms. The van der Waals surface area contributed by atoms with Gasteiger partial charge in [0, 0.05) is 39.4 Å². The first kappa shape index (κ1) is 12.7. The quantitative estimate of drug-likeness (QED) is 0.626. The summed E-state index contributed by atoms with van der Waals surface area (Å²) in [5.41, 5.74) is 2.48. The fourth-order valence-corrected chi connectivity index (χ4v) is 1.71. The first-order valence-electron chi connectivity index (χ1n) is 6.42. The van der Waals surface area contributed by atoms with Gasteiger partial charge in [0.05, 0.1) is 0 Å². The maximum atomic E-state index is 4.22. The van der Waals surface area contributed by atoms with Crippen LogP contribution >= 0.6 is 0 Å². The molecular formula is C14H22N4. The standard InChI is InChI=1S/C14H22N4/c1-15-14(17-12-6-7-12)16-10-11-4-8-13(9-5-11)18(2)3/h4-5,8-9,12H,6-7,10H2,1-3H3,(H2,15,16,17). The average Bonchev–Trinajstić information content (AvgIpc) is 3.18. The van der Waals surface area contributed by atoms with Crippen LogP contribution in [0.4, 0.5) is 5.69 Å². The van der Waals surface area contributed by atoms with Crippen LogP contribution in [-0.4, -0.2) is 33.1 Å². The number of nitrogens with one attached hydrogen (secondary N) is 2. The molecule has 1 aromatic carbocycles.